The Morgan fingerprint density at radius 1 is 0.416 bits per heavy atom. The molecule has 0 N–H and O–H groups in total. The maximum atomic E-state index is 9.92. The minimum Gasteiger partial charge on any atom is -0.382 e. The second-order valence-electron chi connectivity index (χ2n) is 14.2. The Labute approximate surface area is 473 Å². The van der Waals surface area contributed by atoms with Gasteiger partial charge in [-0.25, -0.2) is 32.0 Å². The SMILES string of the molecule is C.C.CC(C)OCCOP=O.CCCCOCC(C)OP=O.CCCCOCCOCCOP=O.CCCCOCCOP=O.COCCOCCOCCOP=O.COCCOCCOP=O.O=POCC1CCCO1. The number of ether oxygens (including phenoxy) is 11. The largest absolute Gasteiger partial charge is 0.382 e. The number of methoxy groups -OCH3 is 2. The van der Waals surface area contributed by atoms with Crippen molar-refractivity contribution in [1.29, 1.82) is 0 Å². The van der Waals surface area contributed by atoms with Gasteiger partial charge in [0, 0.05) is 40.6 Å². The zero-order chi connectivity index (χ0) is 57.0. The van der Waals surface area contributed by atoms with Crippen molar-refractivity contribution in [3.63, 3.8) is 0 Å². The third-order valence-corrected chi connectivity index (χ3v) is 9.75. The molecular weight excluding hydrogens is 1160 g/mol. The van der Waals surface area contributed by atoms with Gasteiger partial charge in [0.1, 0.15) is 0 Å². The molecule has 2 unspecified atom stereocenters. The van der Waals surface area contributed by atoms with Gasteiger partial charge in [0.05, 0.1) is 150 Å². The second kappa shape index (κ2) is 98.1. The molecule has 25 nitrogen and oxygen atoms in total. The summed E-state index contributed by atoms with van der Waals surface area (Å²) in [5.41, 5.74) is 0. The van der Waals surface area contributed by atoms with Gasteiger partial charge in [0.25, 0.3) is 0 Å². The summed E-state index contributed by atoms with van der Waals surface area (Å²) in [4.78, 5) is 0. The van der Waals surface area contributed by atoms with Gasteiger partial charge < -0.3 is 52.1 Å². The van der Waals surface area contributed by atoms with Gasteiger partial charge in [-0.05, 0) is 52.9 Å². The van der Waals surface area contributed by atoms with E-state index in [1.165, 1.54) is 0 Å². The Bertz CT molecular complexity index is 1040. The molecule has 1 heterocycles. The van der Waals surface area contributed by atoms with Crippen LogP contribution in [0.25, 0.3) is 0 Å². The van der Waals surface area contributed by atoms with E-state index >= 15 is 0 Å². The minimum atomic E-state index is -0.305. The lowest BCUT2D eigenvalue weighted by Gasteiger charge is -2.07. The lowest BCUT2D eigenvalue weighted by atomic mass is 10.2. The average molecular weight is 1260 g/mol. The van der Waals surface area contributed by atoms with Crippen LogP contribution >= 0.6 is 60.8 Å². The first-order chi connectivity index (χ1) is 36.7. The maximum absolute atomic E-state index is 9.92. The van der Waals surface area contributed by atoms with Gasteiger partial charge in [0.2, 0.25) is 0 Å². The van der Waals surface area contributed by atoms with Gasteiger partial charge in [-0.15, -0.1) is 0 Å². The van der Waals surface area contributed by atoms with Crippen LogP contribution in [0.4, 0.5) is 0 Å². The standard InChI is InChI=1S/C8H17O4P.C7H15O5P.C7H15O3P.C6H13O3P.C5H11O4P.C5H9O3P.C5H11O3P.2CH4/c1-2-3-4-10-5-6-11-7-8-12-13-9;1-9-2-3-10-4-5-11-6-7-12-13-8;1-3-4-5-9-6-7(2)10-11-8;1-2-3-4-8-5-6-9-10-7;1-7-2-3-8-4-5-9-10-6;6-9-8-4-5-2-1-3-7-5;1-5(2)7-3-4-8-9-6;;/h2-8H2,1H3;2-7H2,1H3;7H,3-6H2,1-2H3;2-6H2,1H3;2-5H2,1H3;5H,1-4H2;5H,3-4H2,1-2H3;2*1H4. The third kappa shape index (κ3) is 116. The molecule has 0 spiro atoms. The normalized spacial score (nSPS) is 12.8. The monoisotopic (exact) mass is 1260 g/mol. The average Bonchev–Trinajstić information content (AvgIpc) is 3.95. The van der Waals surface area contributed by atoms with E-state index in [0.29, 0.717) is 132 Å². The van der Waals surface area contributed by atoms with Crippen LogP contribution in [0, 0.1) is 0 Å². The van der Waals surface area contributed by atoms with Crippen LogP contribution in [0.3, 0.4) is 0 Å². The van der Waals surface area contributed by atoms with Crippen molar-refractivity contribution in [3.05, 3.63) is 0 Å². The molecule has 0 amide bonds. The summed E-state index contributed by atoms with van der Waals surface area (Å²) in [6.45, 7) is 25.0. The van der Waals surface area contributed by atoms with E-state index in [4.69, 9.17) is 56.6 Å². The Morgan fingerprint density at radius 3 is 1.04 bits per heavy atom. The molecule has 2 atom stereocenters. The van der Waals surface area contributed by atoms with Crippen LogP contribution in [0.1, 0.15) is 108 Å². The van der Waals surface area contributed by atoms with Crippen molar-refractivity contribution in [2.24, 2.45) is 0 Å². The summed E-state index contributed by atoms with van der Waals surface area (Å²) in [7, 11) is 1.30. The van der Waals surface area contributed by atoms with E-state index in [2.05, 4.69) is 47.9 Å². The smallest absolute Gasteiger partial charge is 0.327 e. The lowest BCUT2D eigenvalue weighted by molar-refractivity contribution is 0.0188. The Balaban J connectivity index is -0.000000120. The summed E-state index contributed by atoms with van der Waals surface area (Å²) in [5.74, 6) is 0. The van der Waals surface area contributed by atoms with Crippen molar-refractivity contribution >= 4 is 60.8 Å². The zero-order valence-electron chi connectivity index (χ0n) is 45.7. The highest BCUT2D eigenvalue weighted by Crippen LogP contribution is 2.13. The molecule has 0 aliphatic carbocycles. The van der Waals surface area contributed by atoms with Crippen molar-refractivity contribution in [3.8, 4) is 0 Å². The fourth-order valence-corrected chi connectivity index (χ4v) is 5.19. The molecule has 1 aliphatic rings. The van der Waals surface area contributed by atoms with Crippen molar-refractivity contribution in [1.82, 2.24) is 0 Å². The molecule has 77 heavy (non-hydrogen) atoms. The van der Waals surface area contributed by atoms with E-state index in [0.717, 1.165) is 77.8 Å². The molecule has 1 fully saturated rings. The molecule has 0 aromatic heterocycles. The van der Waals surface area contributed by atoms with Gasteiger partial charge in [0.15, 0.2) is 0 Å². The molecule has 0 radical (unpaired) electrons. The van der Waals surface area contributed by atoms with Crippen LogP contribution < -0.4 is 0 Å². The molecule has 1 saturated heterocycles. The first-order valence-corrected chi connectivity index (χ1v) is 29.7. The molecule has 32 heteroatoms. The quantitative estimate of drug-likeness (QED) is 0.0404. The maximum Gasteiger partial charge on any atom is 0.327 e. The molecule has 464 valence electrons. The Hall–Kier alpha value is -0.0200. The number of unbranched alkanes of at least 4 members (excludes halogenated alkanes) is 3. The van der Waals surface area contributed by atoms with Crippen LogP contribution in [-0.4, -0.2) is 191 Å². The highest BCUT2D eigenvalue weighted by atomic mass is 31.1. The van der Waals surface area contributed by atoms with Gasteiger partial charge in [-0.2, -0.15) is 0 Å². The minimum absolute atomic E-state index is 0. The van der Waals surface area contributed by atoms with Crippen molar-refractivity contribution in [2.75, 3.05) is 173 Å². The molecule has 0 saturated carbocycles. The van der Waals surface area contributed by atoms with E-state index < -0.39 is 0 Å². The van der Waals surface area contributed by atoms with E-state index in [1.807, 2.05) is 20.8 Å². The van der Waals surface area contributed by atoms with Crippen LogP contribution in [0.15, 0.2) is 0 Å². The zero-order valence-corrected chi connectivity index (χ0v) is 52.0. The Kier molecular flexibility index (Phi) is 119. The summed E-state index contributed by atoms with van der Waals surface area (Å²) in [6, 6.07) is 0. The Morgan fingerprint density at radius 2 is 0.740 bits per heavy atom. The molecule has 1 aliphatic heterocycles. The van der Waals surface area contributed by atoms with E-state index in [9.17, 15) is 32.0 Å². The molecule has 0 bridgehead atoms. The summed E-state index contributed by atoms with van der Waals surface area (Å²) < 4.78 is 156. The number of rotatable bonds is 49. The van der Waals surface area contributed by atoms with Gasteiger partial charge in [-0.3, -0.25) is 31.7 Å². The van der Waals surface area contributed by atoms with E-state index in [-0.39, 0.29) is 94.0 Å². The predicted molar refractivity (Wildman–Crippen MR) is 297 cm³/mol. The van der Waals surface area contributed by atoms with E-state index in [1.54, 1.807) is 14.2 Å². The van der Waals surface area contributed by atoms with Gasteiger partial charge in [-0.1, -0.05) is 54.9 Å². The van der Waals surface area contributed by atoms with Crippen LogP contribution in [-0.2, 0) is 116 Å². The molecule has 0 aromatic carbocycles. The number of hydrogen-bond donors (Lipinski definition) is 0. The summed E-state index contributed by atoms with van der Waals surface area (Å²) in [6.07, 6.45) is 9.14. The third-order valence-electron chi connectivity index (χ3n) is 7.61. The molecule has 1 rings (SSSR count). The fraction of sp³-hybridized carbons (Fsp3) is 1.00. The summed E-state index contributed by atoms with van der Waals surface area (Å²) in [5, 5.41) is 0. The topological polar surface area (TPSA) is 286 Å². The van der Waals surface area contributed by atoms with Crippen molar-refractivity contribution < 1.29 is 116 Å². The first kappa shape index (κ1) is 93.4. The highest BCUT2D eigenvalue weighted by molar-refractivity contribution is 7.18. The molecular formula is C45H99O25P7. The van der Waals surface area contributed by atoms with Crippen molar-refractivity contribution in [2.45, 2.75) is 126 Å². The predicted octanol–water partition coefficient (Wildman–Crippen LogP) is 12.5. The van der Waals surface area contributed by atoms with Crippen LogP contribution in [0.5, 0.6) is 0 Å². The van der Waals surface area contributed by atoms with Gasteiger partial charge >= 0.3 is 60.8 Å². The van der Waals surface area contributed by atoms with Crippen LogP contribution in [0.2, 0.25) is 0 Å². The number of hydrogen-bond acceptors (Lipinski definition) is 25. The summed E-state index contributed by atoms with van der Waals surface area (Å²) >= 11 is 0. The first-order valence-electron chi connectivity index (χ1n) is 24.6. The lowest BCUT2D eigenvalue weighted by Crippen LogP contribution is -2.12. The highest BCUT2D eigenvalue weighted by Gasteiger charge is 2.15. The second-order valence-corrected chi connectivity index (χ2v) is 17.1. The molecule has 0 aromatic rings. The fourth-order valence-electron chi connectivity index (χ4n) is 4.01.